The van der Waals surface area contributed by atoms with E-state index in [0.29, 0.717) is 12.2 Å². The molecule has 0 saturated heterocycles. The van der Waals surface area contributed by atoms with Crippen LogP contribution in [-0.2, 0) is 4.79 Å². The SMILES string of the molecule is CC1(C)CC(=O)C2=C(C1)Nc1ccc3ccccc3c1C2c1cc(-c2ccccc2)on1. The van der Waals surface area contributed by atoms with Crippen LogP contribution < -0.4 is 5.32 Å². The Morgan fingerprint density at radius 1 is 0.969 bits per heavy atom. The maximum absolute atomic E-state index is 13.5. The van der Waals surface area contributed by atoms with Crippen LogP contribution in [0.5, 0.6) is 0 Å². The van der Waals surface area contributed by atoms with Gasteiger partial charge in [0.05, 0.1) is 11.6 Å². The maximum Gasteiger partial charge on any atom is 0.167 e. The molecule has 0 amide bonds. The first-order chi connectivity index (χ1) is 15.5. The Morgan fingerprint density at radius 2 is 1.75 bits per heavy atom. The van der Waals surface area contributed by atoms with Crippen LogP contribution >= 0.6 is 0 Å². The van der Waals surface area contributed by atoms with Gasteiger partial charge < -0.3 is 9.84 Å². The first-order valence-electron chi connectivity index (χ1n) is 11.1. The predicted octanol–water partition coefficient (Wildman–Crippen LogP) is 6.70. The van der Waals surface area contributed by atoms with Gasteiger partial charge in [-0.05, 0) is 34.2 Å². The van der Waals surface area contributed by atoms with Crippen LogP contribution in [0.15, 0.2) is 88.6 Å². The minimum atomic E-state index is -0.253. The molecular weight excluding hydrogens is 396 g/mol. The lowest BCUT2D eigenvalue weighted by Crippen LogP contribution is -2.34. The summed E-state index contributed by atoms with van der Waals surface area (Å²) in [6.45, 7) is 4.32. The van der Waals surface area contributed by atoms with Gasteiger partial charge in [-0.3, -0.25) is 4.79 Å². The number of nitrogens with one attached hydrogen (secondary N) is 1. The van der Waals surface area contributed by atoms with E-state index in [1.54, 1.807) is 0 Å². The van der Waals surface area contributed by atoms with E-state index in [-0.39, 0.29) is 17.1 Å². The molecule has 2 heterocycles. The standard InChI is InChI=1S/C28H24N2O2/c1-28(2)15-22-26(23(31)16-28)27(21-14-24(32-30-21)18-9-4-3-5-10-18)25-19-11-7-6-8-17(19)12-13-20(25)29-22/h3-14,27,29H,15-16H2,1-2H3. The van der Waals surface area contributed by atoms with E-state index in [9.17, 15) is 4.79 Å². The van der Waals surface area contributed by atoms with Crippen molar-refractivity contribution in [2.75, 3.05) is 5.32 Å². The second-order valence-corrected chi connectivity index (χ2v) is 9.62. The van der Waals surface area contributed by atoms with E-state index in [1.807, 2.05) is 48.5 Å². The first-order valence-corrected chi connectivity index (χ1v) is 11.1. The molecular formula is C28H24N2O2. The Hall–Kier alpha value is -3.66. The van der Waals surface area contributed by atoms with Crippen molar-refractivity contribution in [2.45, 2.75) is 32.6 Å². The van der Waals surface area contributed by atoms with Crippen molar-refractivity contribution in [2.24, 2.45) is 5.41 Å². The van der Waals surface area contributed by atoms with Gasteiger partial charge in [0, 0.05) is 35.0 Å². The number of nitrogens with zero attached hydrogens (tertiary/aromatic N) is 1. The Bertz CT molecular complexity index is 1400. The molecule has 1 atom stereocenters. The number of Topliss-reactive ketones (excluding diaryl/α,β-unsaturated/α-hetero) is 1. The van der Waals surface area contributed by atoms with Crippen molar-refractivity contribution in [1.29, 1.82) is 0 Å². The largest absolute Gasteiger partial charge is 0.358 e. The monoisotopic (exact) mass is 420 g/mol. The lowest BCUT2D eigenvalue weighted by atomic mass is 9.69. The number of ketones is 1. The van der Waals surface area contributed by atoms with Crippen molar-refractivity contribution in [3.8, 4) is 11.3 Å². The molecule has 2 aliphatic rings. The van der Waals surface area contributed by atoms with Gasteiger partial charge in [-0.1, -0.05) is 79.7 Å². The number of anilines is 1. The van der Waals surface area contributed by atoms with Crippen LogP contribution in [0.4, 0.5) is 5.69 Å². The summed E-state index contributed by atoms with van der Waals surface area (Å²) in [5, 5.41) is 10.4. The van der Waals surface area contributed by atoms with Crippen molar-refractivity contribution >= 4 is 22.2 Å². The molecule has 1 aromatic heterocycles. The fourth-order valence-electron chi connectivity index (χ4n) is 5.26. The molecule has 1 aliphatic heterocycles. The molecule has 1 N–H and O–H groups in total. The quantitative estimate of drug-likeness (QED) is 0.392. The number of rotatable bonds is 2. The van der Waals surface area contributed by atoms with E-state index >= 15 is 0 Å². The number of allylic oxidation sites excluding steroid dienone is 2. The number of fused-ring (bicyclic) bond motifs is 3. The molecule has 0 fully saturated rings. The molecule has 1 unspecified atom stereocenters. The summed E-state index contributed by atoms with van der Waals surface area (Å²) in [5.41, 5.74) is 5.68. The average Bonchev–Trinajstić information content (AvgIpc) is 3.27. The molecule has 1 aliphatic carbocycles. The normalized spacial score (nSPS) is 19.4. The lowest BCUT2D eigenvalue weighted by molar-refractivity contribution is -0.118. The fourth-order valence-corrected chi connectivity index (χ4v) is 5.26. The van der Waals surface area contributed by atoms with Crippen LogP contribution in [0.25, 0.3) is 22.1 Å². The van der Waals surface area contributed by atoms with Crippen LogP contribution in [-0.4, -0.2) is 10.9 Å². The fraction of sp³-hybridized carbons (Fsp3) is 0.214. The third-order valence-corrected chi connectivity index (χ3v) is 6.64. The molecule has 0 radical (unpaired) electrons. The highest BCUT2D eigenvalue weighted by molar-refractivity contribution is 6.04. The third kappa shape index (κ3) is 2.98. The smallest absolute Gasteiger partial charge is 0.167 e. The average molecular weight is 421 g/mol. The zero-order valence-corrected chi connectivity index (χ0v) is 18.2. The van der Waals surface area contributed by atoms with Crippen LogP contribution in [0, 0.1) is 5.41 Å². The Balaban J connectivity index is 1.59. The highest BCUT2D eigenvalue weighted by Gasteiger charge is 2.42. The Kier molecular flexibility index (Phi) is 4.12. The molecule has 6 rings (SSSR count). The molecule has 0 bridgehead atoms. The molecule has 158 valence electrons. The molecule has 4 nitrogen and oxygen atoms in total. The van der Waals surface area contributed by atoms with Crippen molar-refractivity contribution in [3.05, 3.63) is 95.3 Å². The predicted molar refractivity (Wildman–Crippen MR) is 126 cm³/mol. The first kappa shape index (κ1) is 19.1. The number of carbonyl (C=O) groups excluding carboxylic acids is 1. The summed E-state index contributed by atoms with van der Waals surface area (Å²) in [5.74, 6) is 0.653. The topological polar surface area (TPSA) is 55.1 Å². The number of carbonyl (C=O) groups is 1. The zero-order valence-electron chi connectivity index (χ0n) is 18.2. The van der Waals surface area contributed by atoms with E-state index in [2.05, 4.69) is 48.6 Å². The van der Waals surface area contributed by atoms with Gasteiger partial charge in [-0.15, -0.1) is 0 Å². The molecule has 0 spiro atoms. The zero-order chi connectivity index (χ0) is 21.9. The highest BCUT2D eigenvalue weighted by atomic mass is 16.5. The summed E-state index contributed by atoms with van der Waals surface area (Å²) in [6, 6.07) is 24.6. The van der Waals surface area contributed by atoms with E-state index in [1.165, 1.54) is 0 Å². The summed E-state index contributed by atoms with van der Waals surface area (Å²) in [7, 11) is 0. The Morgan fingerprint density at radius 3 is 2.59 bits per heavy atom. The Labute approximate surface area is 186 Å². The van der Waals surface area contributed by atoms with E-state index in [4.69, 9.17) is 4.52 Å². The summed E-state index contributed by atoms with van der Waals surface area (Å²) in [6.07, 6.45) is 1.37. The van der Waals surface area contributed by atoms with Crippen LogP contribution in [0.2, 0.25) is 0 Å². The second kappa shape index (κ2) is 6.92. The molecule has 4 aromatic rings. The summed E-state index contributed by atoms with van der Waals surface area (Å²) < 4.78 is 5.78. The number of hydrogen-bond donors (Lipinski definition) is 1. The van der Waals surface area contributed by atoms with Gasteiger partial charge in [-0.2, -0.15) is 0 Å². The maximum atomic E-state index is 13.5. The van der Waals surface area contributed by atoms with Gasteiger partial charge in [-0.25, -0.2) is 0 Å². The van der Waals surface area contributed by atoms with E-state index in [0.717, 1.165) is 51.0 Å². The van der Waals surface area contributed by atoms with Crippen molar-refractivity contribution in [1.82, 2.24) is 5.16 Å². The number of benzene rings is 3. The second-order valence-electron chi connectivity index (χ2n) is 9.62. The number of hydrogen-bond acceptors (Lipinski definition) is 4. The molecule has 32 heavy (non-hydrogen) atoms. The minimum absolute atomic E-state index is 0.0686. The molecule has 4 heteroatoms. The van der Waals surface area contributed by atoms with Gasteiger partial charge in [0.25, 0.3) is 0 Å². The van der Waals surface area contributed by atoms with Crippen molar-refractivity contribution in [3.63, 3.8) is 0 Å². The van der Waals surface area contributed by atoms with E-state index < -0.39 is 0 Å². The molecule has 3 aromatic carbocycles. The highest BCUT2D eigenvalue weighted by Crippen LogP contribution is 2.50. The summed E-state index contributed by atoms with van der Waals surface area (Å²) >= 11 is 0. The third-order valence-electron chi connectivity index (χ3n) is 6.64. The summed E-state index contributed by atoms with van der Waals surface area (Å²) in [4.78, 5) is 13.5. The van der Waals surface area contributed by atoms with Crippen molar-refractivity contribution < 1.29 is 9.32 Å². The lowest BCUT2D eigenvalue weighted by Gasteiger charge is -2.39. The number of aromatic nitrogens is 1. The van der Waals surface area contributed by atoms with Gasteiger partial charge in [0.2, 0.25) is 0 Å². The van der Waals surface area contributed by atoms with Gasteiger partial charge in [0.15, 0.2) is 11.5 Å². The van der Waals surface area contributed by atoms with Gasteiger partial charge in [0.1, 0.15) is 0 Å². The minimum Gasteiger partial charge on any atom is -0.358 e. The molecule has 0 saturated carbocycles. The van der Waals surface area contributed by atoms with Crippen LogP contribution in [0.3, 0.4) is 0 Å². The van der Waals surface area contributed by atoms with Crippen LogP contribution in [0.1, 0.15) is 43.9 Å². The van der Waals surface area contributed by atoms with Gasteiger partial charge >= 0.3 is 0 Å².